The van der Waals surface area contributed by atoms with Gasteiger partial charge < -0.3 is 19.5 Å². The zero-order valence-electron chi connectivity index (χ0n) is 15.6. The standard InChI is InChI=1S/C21H22N2O4/c1-4-27-18-8-5-15(6-9-18)11-17(13-22)21(24)23-14-16-7-10-19(25-2)12-20(16)26-3/h5-12H,4,14H2,1-3H3,(H,23,24)/b17-11+. The summed E-state index contributed by atoms with van der Waals surface area (Å²) >= 11 is 0. The number of ether oxygens (including phenoxy) is 3. The van der Waals surface area contributed by atoms with Crippen molar-refractivity contribution >= 4 is 12.0 Å². The van der Waals surface area contributed by atoms with E-state index in [4.69, 9.17) is 14.2 Å². The van der Waals surface area contributed by atoms with Crippen molar-refractivity contribution in [1.82, 2.24) is 5.32 Å². The number of nitriles is 1. The van der Waals surface area contributed by atoms with Crippen LogP contribution in [0.3, 0.4) is 0 Å². The largest absolute Gasteiger partial charge is 0.497 e. The smallest absolute Gasteiger partial charge is 0.262 e. The molecule has 0 unspecified atom stereocenters. The van der Waals surface area contributed by atoms with Gasteiger partial charge in [-0.15, -0.1) is 0 Å². The molecule has 0 aliphatic carbocycles. The van der Waals surface area contributed by atoms with E-state index in [-0.39, 0.29) is 12.1 Å². The minimum atomic E-state index is -0.454. The lowest BCUT2D eigenvalue weighted by molar-refractivity contribution is -0.117. The first kappa shape index (κ1) is 19.9. The highest BCUT2D eigenvalue weighted by molar-refractivity contribution is 6.01. The molecule has 6 heteroatoms. The van der Waals surface area contributed by atoms with E-state index in [0.717, 1.165) is 16.9 Å². The van der Waals surface area contributed by atoms with E-state index in [1.165, 1.54) is 6.08 Å². The van der Waals surface area contributed by atoms with Crippen molar-refractivity contribution in [2.45, 2.75) is 13.5 Å². The molecule has 0 saturated carbocycles. The van der Waals surface area contributed by atoms with Crippen LogP contribution < -0.4 is 19.5 Å². The molecule has 1 amide bonds. The highest BCUT2D eigenvalue weighted by Gasteiger charge is 2.11. The summed E-state index contributed by atoms with van der Waals surface area (Å²) in [5, 5.41) is 12.1. The quantitative estimate of drug-likeness (QED) is 0.572. The van der Waals surface area contributed by atoms with Crippen molar-refractivity contribution in [3.63, 3.8) is 0 Å². The number of hydrogen-bond acceptors (Lipinski definition) is 5. The van der Waals surface area contributed by atoms with Crippen molar-refractivity contribution in [3.8, 4) is 23.3 Å². The average molecular weight is 366 g/mol. The maximum Gasteiger partial charge on any atom is 0.262 e. The Hall–Kier alpha value is -3.46. The molecular weight excluding hydrogens is 344 g/mol. The normalized spacial score (nSPS) is 10.7. The molecule has 2 aromatic rings. The summed E-state index contributed by atoms with van der Waals surface area (Å²) in [6.45, 7) is 2.72. The molecule has 0 spiro atoms. The van der Waals surface area contributed by atoms with E-state index in [0.29, 0.717) is 18.1 Å². The molecule has 0 fully saturated rings. The van der Waals surface area contributed by atoms with Gasteiger partial charge in [0, 0.05) is 18.2 Å². The second kappa shape index (κ2) is 9.88. The van der Waals surface area contributed by atoms with Gasteiger partial charge in [-0.25, -0.2) is 0 Å². The number of hydrogen-bond donors (Lipinski definition) is 1. The van der Waals surface area contributed by atoms with Gasteiger partial charge in [-0.05, 0) is 42.8 Å². The average Bonchev–Trinajstić information content (AvgIpc) is 2.71. The van der Waals surface area contributed by atoms with Crippen LogP contribution in [0.5, 0.6) is 17.2 Å². The zero-order valence-corrected chi connectivity index (χ0v) is 15.6. The third-order valence-electron chi connectivity index (χ3n) is 3.80. The first-order valence-electron chi connectivity index (χ1n) is 8.45. The van der Waals surface area contributed by atoms with E-state index in [9.17, 15) is 10.1 Å². The molecule has 0 aliphatic rings. The van der Waals surface area contributed by atoms with Crippen LogP contribution >= 0.6 is 0 Å². The predicted molar refractivity (Wildman–Crippen MR) is 103 cm³/mol. The molecule has 0 atom stereocenters. The summed E-state index contributed by atoms with van der Waals surface area (Å²) in [7, 11) is 3.12. The highest BCUT2D eigenvalue weighted by Crippen LogP contribution is 2.24. The molecule has 0 radical (unpaired) electrons. The fourth-order valence-corrected chi connectivity index (χ4v) is 2.41. The molecular formula is C21H22N2O4. The van der Waals surface area contributed by atoms with E-state index in [1.807, 2.05) is 13.0 Å². The summed E-state index contributed by atoms with van der Waals surface area (Å²) in [5.74, 6) is 1.55. The van der Waals surface area contributed by atoms with Crippen LogP contribution in [-0.2, 0) is 11.3 Å². The summed E-state index contributed by atoms with van der Waals surface area (Å²) in [5.41, 5.74) is 1.55. The third kappa shape index (κ3) is 5.51. The minimum Gasteiger partial charge on any atom is -0.497 e. The Bertz CT molecular complexity index is 851. The zero-order chi connectivity index (χ0) is 19.6. The van der Waals surface area contributed by atoms with Gasteiger partial charge in [0.15, 0.2) is 0 Å². The number of carbonyl (C=O) groups excluding carboxylic acids is 1. The maximum atomic E-state index is 12.4. The Kier molecular flexibility index (Phi) is 7.26. The third-order valence-corrected chi connectivity index (χ3v) is 3.80. The van der Waals surface area contributed by atoms with Crippen LogP contribution in [0.2, 0.25) is 0 Å². The van der Waals surface area contributed by atoms with E-state index >= 15 is 0 Å². The summed E-state index contributed by atoms with van der Waals surface area (Å²) in [6, 6.07) is 14.4. The number of nitrogens with one attached hydrogen (secondary N) is 1. The van der Waals surface area contributed by atoms with Crippen molar-refractivity contribution in [2.75, 3.05) is 20.8 Å². The SMILES string of the molecule is CCOc1ccc(/C=C(\C#N)C(=O)NCc2ccc(OC)cc2OC)cc1. The van der Waals surface area contributed by atoms with Crippen LogP contribution in [0.25, 0.3) is 6.08 Å². The number of nitrogens with zero attached hydrogens (tertiary/aromatic N) is 1. The fourth-order valence-electron chi connectivity index (χ4n) is 2.41. The number of amides is 1. The van der Waals surface area contributed by atoms with Gasteiger partial charge in [-0.3, -0.25) is 4.79 Å². The Morgan fingerprint density at radius 1 is 1.11 bits per heavy atom. The summed E-state index contributed by atoms with van der Waals surface area (Å²) < 4.78 is 15.8. The topological polar surface area (TPSA) is 80.6 Å². The van der Waals surface area contributed by atoms with Crippen molar-refractivity contribution in [1.29, 1.82) is 5.26 Å². The number of rotatable bonds is 8. The maximum absolute atomic E-state index is 12.4. The van der Waals surface area contributed by atoms with Gasteiger partial charge in [-0.2, -0.15) is 5.26 Å². The van der Waals surface area contributed by atoms with Gasteiger partial charge >= 0.3 is 0 Å². The molecule has 0 heterocycles. The first-order chi connectivity index (χ1) is 13.1. The lowest BCUT2D eigenvalue weighted by Gasteiger charge is -2.11. The molecule has 2 aromatic carbocycles. The van der Waals surface area contributed by atoms with Crippen LogP contribution in [0, 0.1) is 11.3 Å². The van der Waals surface area contributed by atoms with Gasteiger partial charge in [0.05, 0.1) is 20.8 Å². The second-order valence-electron chi connectivity index (χ2n) is 5.53. The lowest BCUT2D eigenvalue weighted by Crippen LogP contribution is -2.24. The van der Waals surface area contributed by atoms with E-state index in [2.05, 4.69) is 5.32 Å². The molecule has 0 bridgehead atoms. The lowest BCUT2D eigenvalue weighted by atomic mass is 10.1. The van der Waals surface area contributed by atoms with Crippen LogP contribution in [0.1, 0.15) is 18.1 Å². The summed E-state index contributed by atoms with van der Waals surface area (Å²) in [6.07, 6.45) is 1.54. The highest BCUT2D eigenvalue weighted by atomic mass is 16.5. The molecule has 2 rings (SSSR count). The number of methoxy groups -OCH3 is 2. The molecule has 27 heavy (non-hydrogen) atoms. The van der Waals surface area contributed by atoms with Crippen LogP contribution in [0.15, 0.2) is 48.0 Å². The molecule has 0 aliphatic heterocycles. The molecule has 140 valence electrons. The van der Waals surface area contributed by atoms with Crippen LogP contribution in [-0.4, -0.2) is 26.7 Å². The molecule has 1 N–H and O–H groups in total. The van der Waals surface area contributed by atoms with Gasteiger partial charge in [0.25, 0.3) is 5.91 Å². The van der Waals surface area contributed by atoms with E-state index in [1.54, 1.807) is 56.7 Å². The molecule has 0 saturated heterocycles. The monoisotopic (exact) mass is 366 g/mol. The first-order valence-corrected chi connectivity index (χ1v) is 8.45. The van der Waals surface area contributed by atoms with Crippen molar-refractivity contribution < 1.29 is 19.0 Å². The number of benzene rings is 2. The van der Waals surface area contributed by atoms with Crippen molar-refractivity contribution in [3.05, 3.63) is 59.2 Å². The molecule has 6 nitrogen and oxygen atoms in total. The Labute approximate surface area is 159 Å². The second-order valence-corrected chi connectivity index (χ2v) is 5.53. The summed E-state index contributed by atoms with van der Waals surface area (Å²) in [4.78, 5) is 12.4. The van der Waals surface area contributed by atoms with Crippen LogP contribution in [0.4, 0.5) is 0 Å². The van der Waals surface area contributed by atoms with Crippen molar-refractivity contribution in [2.24, 2.45) is 0 Å². The van der Waals surface area contributed by atoms with Gasteiger partial charge in [-0.1, -0.05) is 12.1 Å². The molecule has 0 aromatic heterocycles. The fraction of sp³-hybridized carbons (Fsp3) is 0.238. The van der Waals surface area contributed by atoms with Gasteiger partial charge in [0.2, 0.25) is 0 Å². The Balaban J connectivity index is 2.08. The Morgan fingerprint density at radius 2 is 1.81 bits per heavy atom. The van der Waals surface area contributed by atoms with E-state index < -0.39 is 5.91 Å². The van der Waals surface area contributed by atoms with Gasteiger partial charge in [0.1, 0.15) is 28.9 Å². The number of carbonyl (C=O) groups is 1. The predicted octanol–water partition coefficient (Wildman–Crippen LogP) is 3.33. The Morgan fingerprint density at radius 3 is 2.41 bits per heavy atom. The minimum absolute atomic E-state index is 0.0200.